The number of nitrogens with two attached hydrogens (primary N) is 1. The number of nitro groups is 1. The number of benzene rings is 2. The van der Waals surface area contributed by atoms with Gasteiger partial charge in [-0.1, -0.05) is 36.4 Å². The number of hydrogen-bond donors (Lipinski definition) is 2. The van der Waals surface area contributed by atoms with Gasteiger partial charge in [0.15, 0.2) is 0 Å². The largest absolute Gasteiger partial charge is 0.378 e. The van der Waals surface area contributed by atoms with Crippen LogP contribution >= 0.6 is 0 Å². The minimum Gasteiger partial charge on any atom is -0.378 e. The molecule has 1 aliphatic heterocycles. The summed E-state index contributed by atoms with van der Waals surface area (Å²) in [6, 6.07) is 16.0. The van der Waals surface area contributed by atoms with Crippen LogP contribution < -0.4 is 16.0 Å². The van der Waals surface area contributed by atoms with E-state index in [2.05, 4.69) is 27.4 Å². The molecule has 4 rings (SSSR count). The number of nitrogens with zero attached hydrogens (tertiary/aromatic N) is 4. The van der Waals surface area contributed by atoms with E-state index >= 15 is 0 Å². The summed E-state index contributed by atoms with van der Waals surface area (Å²) in [7, 11) is 0. The van der Waals surface area contributed by atoms with Gasteiger partial charge in [0.1, 0.15) is 5.82 Å². The first-order valence-electron chi connectivity index (χ1n) is 10.1. The topological polar surface area (TPSA) is 110 Å². The first-order chi connectivity index (χ1) is 15.0. The lowest BCUT2D eigenvalue weighted by Gasteiger charge is -2.32. The Kier molecular flexibility index (Phi) is 5.92. The van der Waals surface area contributed by atoms with Gasteiger partial charge in [0.05, 0.1) is 4.92 Å². The van der Waals surface area contributed by atoms with Crippen molar-refractivity contribution in [2.24, 2.45) is 5.92 Å². The minimum atomic E-state index is -0.632. The van der Waals surface area contributed by atoms with E-state index in [9.17, 15) is 14.5 Å². The number of halogens is 1. The smallest absolute Gasteiger partial charge is 0.353 e. The maximum Gasteiger partial charge on any atom is 0.353 e. The van der Waals surface area contributed by atoms with Crippen LogP contribution in [0.1, 0.15) is 18.4 Å². The first kappa shape index (κ1) is 20.5. The molecule has 1 fully saturated rings. The molecule has 9 heteroatoms. The van der Waals surface area contributed by atoms with Crippen molar-refractivity contribution in [1.29, 1.82) is 0 Å². The van der Waals surface area contributed by atoms with Crippen LogP contribution in [0.4, 0.5) is 33.3 Å². The Bertz CT molecular complexity index is 1070. The van der Waals surface area contributed by atoms with Crippen molar-refractivity contribution in [3.63, 3.8) is 0 Å². The van der Waals surface area contributed by atoms with Crippen LogP contribution in [0.25, 0.3) is 0 Å². The van der Waals surface area contributed by atoms with Crippen molar-refractivity contribution in [3.05, 3.63) is 76.1 Å². The zero-order valence-corrected chi connectivity index (χ0v) is 16.9. The first-order valence-corrected chi connectivity index (χ1v) is 10.1. The van der Waals surface area contributed by atoms with E-state index in [0.29, 0.717) is 17.6 Å². The van der Waals surface area contributed by atoms with Crippen LogP contribution in [-0.4, -0.2) is 28.0 Å². The molecule has 0 radical (unpaired) electrons. The maximum atomic E-state index is 13.5. The Morgan fingerprint density at radius 3 is 2.55 bits per heavy atom. The Labute approximate surface area is 179 Å². The molecule has 0 atom stereocenters. The summed E-state index contributed by atoms with van der Waals surface area (Å²) in [6.45, 7) is 1.46. The molecule has 31 heavy (non-hydrogen) atoms. The Morgan fingerprint density at radius 2 is 1.87 bits per heavy atom. The molecule has 0 amide bonds. The number of aromatic nitrogens is 2. The molecule has 1 saturated heterocycles. The number of anilines is 4. The van der Waals surface area contributed by atoms with Gasteiger partial charge in [-0.3, -0.25) is 10.1 Å². The van der Waals surface area contributed by atoms with Crippen molar-refractivity contribution in [1.82, 2.24) is 9.97 Å². The fourth-order valence-electron chi connectivity index (χ4n) is 3.86. The van der Waals surface area contributed by atoms with Gasteiger partial charge in [-0.15, -0.1) is 0 Å². The summed E-state index contributed by atoms with van der Waals surface area (Å²) in [5.41, 5.74) is 7.14. The fourth-order valence-corrected chi connectivity index (χ4v) is 3.86. The lowest BCUT2D eigenvalue weighted by atomic mass is 9.90. The summed E-state index contributed by atoms with van der Waals surface area (Å²) in [5, 5.41) is 14.3. The lowest BCUT2D eigenvalue weighted by molar-refractivity contribution is -0.383. The van der Waals surface area contributed by atoms with Crippen molar-refractivity contribution in [2.75, 3.05) is 29.0 Å². The van der Waals surface area contributed by atoms with Crippen LogP contribution in [0.5, 0.6) is 0 Å². The predicted octanol–water partition coefficient (Wildman–Crippen LogP) is 4.31. The summed E-state index contributed by atoms with van der Waals surface area (Å²) in [5.74, 6) is 0.152. The molecular formula is C22H23FN6O2. The second-order valence-corrected chi connectivity index (χ2v) is 7.62. The molecule has 0 unspecified atom stereocenters. The quantitative estimate of drug-likeness (QED) is 0.450. The Morgan fingerprint density at radius 1 is 1.13 bits per heavy atom. The van der Waals surface area contributed by atoms with Crippen molar-refractivity contribution in [3.8, 4) is 0 Å². The highest BCUT2D eigenvalue weighted by molar-refractivity contribution is 5.74. The average Bonchev–Trinajstić information content (AvgIpc) is 2.74. The molecule has 0 saturated carbocycles. The summed E-state index contributed by atoms with van der Waals surface area (Å²) >= 11 is 0. The SMILES string of the molecule is Nc1nc(N2CCC(Cc3ccccc3)CC2)nc(Nc2cccc(F)c2)c1[N+](=O)[O-]. The van der Waals surface area contributed by atoms with E-state index in [0.717, 1.165) is 32.4 Å². The van der Waals surface area contributed by atoms with Gasteiger partial charge in [0, 0.05) is 18.8 Å². The van der Waals surface area contributed by atoms with Gasteiger partial charge in [0.2, 0.25) is 17.6 Å². The van der Waals surface area contributed by atoms with Gasteiger partial charge < -0.3 is 16.0 Å². The maximum absolute atomic E-state index is 13.5. The second-order valence-electron chi connectivity index (χ2n) is 7.62. The lowest BCUT2D eigenvalue weighted by Crippen LogP contribution is -2.35. The van der Waals surface area contributed by atoms with E-state index < -0.39 is 16.4 Å². The highest BCUT2D eigenvalue weighted by atomic mass is 19.1. The number of hydrogen-bond acceptors (Lipinski definition) is 7. The van der Waals surface area contributed by atoms with E-state index in [1.807, 2.05) is 23.1 Å². The van der Waals surface area contributed by atoms with Crippen molar-refractivity contribution >= 4 is 29.0 Å². The highest BCUT2D eigenvalue weighted by Gasteiger charge is 2.27. The third kappa shape index (κ3) is 4.88. The molecule has 3 aromatic rings. The van der Waals surface area contributed by atoms with Gasteiger partial charge in [0.25, 0.3) is 0 Å². The molecule has 8 nitrogen and oxygen atoms in total. The molecule has 0 spiro atoms. The van der Waals surface area contributed by atoms with Crippen molar-refractivity contribution < 1.29 is 9.31 Å². The fraction of sp³-hybridized carbons (Fsp3) is 0.273. The molecular weight excluding hydrogens is 399 g/mol. The molecule has 1 aromatic heterocycles. The number of nitrogen functional groups attached to an aromatic ring is 1. The molecule has 3 N–H and O–H groups in total. The van der Waals surface area contributed by atoms with E-state index in [4.69, 9.17) is 5.73 Å². The second kappa shape index (κ2) is 8.95. The van der Waals surface area contributed by atoms with Gasteiger partial charge in [-0.25, -0.2) is 4.39 Å². The molecule has 2 heterocycles. The third-order valence-electron chi connectivity index (χ3n) is 5.43. The third-order valence-corrected chi connectivity index (χ3v) is 5.43. The van der Waals surface area contributed by atoms with Crippen LogP contribution in [0.2, 0.25) is 0 Å². The van der Waals surface area contributed by atoms with Crippen molar-refractivity contribution in [2.45, 2.75) is 19.3 Å². The van der Waals surface area contributed by atoms with E-state index in [1.54, 1.807) is 6.07 Å². The standard InChI is InChI=1S/C22H23FN6O2/c23-17-7-4-8-18(14-17)25-21-19(29(30)31)20(24)26-22(27-21)28-11-9-16(10-12-28)13-15-5-2-1-3-6-15/h1-8,14,16H,9-13H2,(H3,24,25,26,27). The monoisotopic (exact) mass is 422 g/mol. The van der Waals surface area contributed by atoms with Gasteiger partial charge in [-0.05, 0) is 48.9 Å². The molecule has 0 bridgehead atoms. The number of rotatable bonds is 6. The summed E-state index contributed by atoms with van der Waals surface area (Å²) in [4.78, 5) is 21.4. The normalized spacial score (nSPS) is 14.4. The number of piperidine rings is 1. The molecule has 160 valence electrons. The van der Waals surface area contributed by atoms with E-state index in [1.165, 1.54) is 23.8 Å². The zero-order chi connectivity index (χ0) is 21.8. The average molecular weight is 422 g/mol. The molecule has 1 aliphatic rings. The summed E-state index contributed by atoms with van der Waals surface area (Å²) < 4.78 is 13.5. The molecule has 2 aromatic carbocycles. The number of nitrogens with one attached hydrogen (secondary N) is 1. The van der Waals surface area contributed by atoms with E-state index in [-0.39, 0.29) is 11.6 Å². The predicted molar refractivity (Wildman–Crippen MR) is 118 cm³/mol. The van der Waals surface area contributed by atoms with Crippen LogP contribution in [0.15, 0.2) is 54.6 Å². The zero-order valence-electron chi connectivity index (χ0n) is 16.9. The van der Waals surface area contributed by atoms with Crippen LogP contribution in [0.3, 0.4) is 0 Å². The van der Waals surface area contributed by atoms with Gasteiger partial charge >= 0.3 is 5.69 Å². The minimum absolute atomic E-state index is 0.0514. The van der Waals surface area contributed by atoms with Gasteiger partial charge in [-0.2, -0.15) is 9.97 Å². The van der Waals surface area contributed by atoms with Crippen LogP contribution in [0, 0.1) is 21.8 Å². The Balaban J connectivity index is 1.52. The molecule has 0 aliphatic carbocycles. The highest BCUT2D eigenvalue weighted by Crippen LogP contribution is 2.33. The Hall–Kier alpha value is -3.75. The van der Waals surface area contributed by atoms with Crippen LogP contribution in [-0.2, 0) is 6.42 Å². The summed E-state index contributed by atoms with van der Waals surface area (Å²) in [6.07, 6.45) is 2.94.